The maximum Gasteiger partial charge on any atom is 0.333 e. The topological polar surface area (TPSA) is 115 Å². The van der Waals surface area contributed by atoms with Crippen LogP contribution < -0.4 is 0 Å². The Balaban J connectivity index is 0. The van der Waals surface area contributed by atoms with Gasteiger partial charge in [-0.15, -0.1) is 0 Å². The molecule has 0 saturated heterocycles. The van der Waals surface area contributed by atoms with Crippen molar-refractivity contribution in [2.24, 2.45) is 0 Å². The minimum absolute atomic E-state index is 0.319. The average molecular weight is 194 g/mol. The summed E-state index contributed by atoms with van der Waals surface area (Å²) < 4.78 is 0. The standard InChI is InChI=1S/C4H6O5.C3H8O/c5-2(4(8)9)1-3(6)7;1-2-3-4/h2,5H,1H2,(H,6,7)(H,8,9);4H,2-3H2,1H3. The van der Waals surface area contributed by atoms with E-state index < -0.39 is 24.5 Å². The molecule has 1 atom stereocenters. The van der Waals surface area contributed by atoms with Gasteiger partial charge < -0.3 is 20.4 Å². The second kappa shape index (κ2) is 8.95. The summed E-state index contributed by atoms with van der Waals surface area (Å²) in [7, 11) is 0. The first kappa shape index (κ1) is 14.4. The summed E-state index contributed by atoms with van der Waals surface area (Å²) in [5.41, 5.74) is 0. The fourth-order valence-corrected chi connectivity index (χ4v) is 0.253. The molecule has 1 unspecified atom stereocenters. The van der Waals surface area contributed by atoms with Gasteiger partial charge in [-0.1, -0.05) is 6.92 Å². The van der Waals surface area contributed by atoms with Crippen LogP contribution in [0.1, 0.15) is 19.8 Å². The zero-order chi connectivity index (χ0) is 10.9. The van der Waals surface area contributed by atoms with Gasteiger partial charge >= 0.3 is 11.9 Å². The number of carbonyl (C=O) groups is 2. The van der Waals surface area contributed by atoms with E-state index >= 15 is 0 Å². The number of aliphatic carboxylic acids is 2. The average Bonchev–Trinajstić information content (AvgIpc) is 2.03. The fourth-order valence-electron chi connectivity index (χ4n) is 0.253. The zero-order valence-electron chi connectivity index (χ0n) is 7.30. The van der Waals surface area contributed by atoms with E-state index in [2.05, 4.69) is 0 Å². The molecule has 6 nitrogen and oxygen atoms in total. The van der Waals surface area contributed by atoms with Crippen LogP contribution in [0.15, 0.2) is 0 Å². The maximum atomic E-state index is 9.72. The van der Waals surface area contributed by atoms with Crippen LogP contribution in [0.3, 0.4) is 0 Å². The van der Waals surface area contributed by atoms with E-state index in [1.165, 1.54) is 0 Å². The van der Waals surface area contributed by atoms with Crippen molar-refractivity contribution in [3.8, 4) is 0 Å². The van der Waals surface area contributed by atoms with Gasteiger partial charge in [-0.25, -0.2) is 4.79 Å². The largest absolute Gasteiger partial charge is 0.481 e. The van der Waals surface area contributed by atoms with Crippen LogP contribution in [-0.4, -0.2) is 45.1 Å². The molecular formula is C7H14O6. The molecule has 0 amide bonds. The van der Waals surface area contributed by atoms with Gasteiger partial charge in [-0.05, 0) is 6.42 Å². The van der Waals surface area contributed by atoms with Gasteiger partial charge in [-0.2, -0.15) is 0 Å². The van der Waals surface area contributed by atoms with Crippen LogP contribution in [0, 0.1) is 0 Å². The number of aliphatic hydroxyl groups is 2. The number of rotatable bonds is 4. The molecule has 0 aromatic carbocycles. The van der Waals surface area contributed by atoms with Crippen molar-refractivity contribution in [3.63, 3.8) is 0 Å². The lowest BCUT2D eigenvalue weighted by Crippen LogP contribution is -2.22. The molecule has 6 heteroatoms. The van der Waals surface area contributed by atoms with Gasteiger partial charge in [0.2, 0.25) is 0 Å². The smallest absolute Gasteiger partial charge is 0.333 e. The second-order valence-electron chi connectivity index (χ2n) is 2.18. The SMILES string of the molecule is CCCO.O=C(O)CC(O)C(=O)O. The summed E-state index contributed by atoms with van der Waals surface area (Å²) in [5.74, 6) is -2.85. The van der Waals surface area contributed by atoms with Gasteiger partial charge in [0, 0.05) is 6.61 Å². The minimum atomic E-state index is -1.79. The quantitative estimate of drug-likeness (QED) is 0.470. The third kappa shape index (κ3) is 13.8. The molecule has 0 aliphatic heterocycles. The van der Waals surface area contributed by atoms with Crippen LogP contribution in [0.4, 0.5) is 0 Å². The highest BCUT2D eigenvalue weighted by atomic mass is 16.4. The highest BCUT2D eigenvalue weighted by Gasteiger charge is 2.16. The molecule has 0 spiro atoms. The molecule has 0 heterocycles. The summed E-state index contributed by atoms with van der Waals surface area (Å²) in [6.07, 6.45) is -1.67. The summed E-state index contributed by atoms with van der Waals surface area (Å²) in [6, 6.07) is 0. The van der Waals surface area contributed by atoms with Crippen molar-refractivity contribution >= 4 is 11.9 Å². The highest BCUT2D eigenvalue weighted by molar-refractivity contribution is 5.79. The Kier molecular flexibility index (Phi) is 9.91. The zero-order valence-corrected chi connectivity index (χ0v) is 7.30. The molecule has 4 N–H and O–H groups in total. The number of aliphatic hydroxyl groups excluding tert-OH is 2. The third-order valence-electron chi connectivity index (χ3n) is 0.877. The first-order valence-electron chi connectivity index (χ1n) is 3.69. The predicted molar refractivity (Wildman–Crippen MR) is 43.3 cm³/mol. The fraction of sp³-hybridized carbons (Fsp3) is 0.714. The first-order chi connectivity index (χ1) is 5.95. The Labute approximate surface area is 75.4 Å². The second-order valence-corrected chi connectivity index (χ2v) is 2.18. The first-order valence-corrected chi connectivity index (χ1v) is 3.69. The van der Waals surface area contributed by atoms with E-state index in [0.29, 0.717) is 6.61 Å². The number of hydrogen-bond donors (Lipinski definition) is 4. The Morgan fingerprint density at radius 3 is 1.77 bits per heavy atom. The third-order valence-corrected chi connectivity index (χ3v) is 0.877. The van der Waals surface area contributed by atoms with E-state index in [1.54, 1.807) is 0 Å². The van der Waals surface area contributed by atoms with Gasteiger partial charge in [0.25, 0.3) is 0 Å². The summed E-state index contributed by atoms with van der Waals surface area (Å²) in [5, 5.41) is 32.0. The van der Waals surface area contributed by atoms with Crippen molar-refractivity contribution in [2.45, 2.75) is 25.9 Å². The van der Waals surface area contributed by atoms with E-state index in [1.807, 2.05) is 6.92 Å². The summed E-state index contributed by atoms with van der Waals surface area (Å²) in [6.45, 7) is 2.25. The monoisotopic (exact) mass is 194 g/mol. The number of hydrogen-bond acceptors (Lipinski definition) is 4. The molecule has 0 radical (unpaired) electrons. The molecular weight excluding hydrogens is 180 g/mol. The van der Waals surface area contributed by atoms with Crippen molar-refractivity contribution in [2.75, 3.05) is 6.61 Å². The Morgan fingerprint density at radius 2 is 1.69 bits per heavy atom. The molecule has 0 aromatic heterocycles. The molecule has 78 valence electrons. The van der Waals surface area contributed by atoms with Gasteiger partial charge in [-0.3, -0.25) is 4.79 Å². The maximum absolute atomic E-state index is 9.72. The molecule has 0 saturated carbocycles. The van der Waals surface area contributed by atoms with Gasteiger partial charge in [0.15, 0.2) is 6.10 Å². The van der Waals surface area contributed by atoms with Gasteiger partial charge in [0.1, 0.15) is 0 Å². The highest BCUT2D eigenvalue weighted by Crippen LogP contribution is 1.89. The molecule has 0 aliphatic carbocycles. The molecule has 0 bridgehead atoms. The minimum Gasteiger partial charge on any atom is -0.481 e. The van der Waals surface area contributed by atoms with Crippen molar-refractivity contribution in [1.82, 2.24) is 0 Å². The molecule has 0 aromatic rings. The van der Waals surface area contributed by atoms with Crippen molar-refractivity contribution < 1.29 is 30.0 Å². The Morgan fingerprint density at radius 1 is 1.31 bits per heavy atom. The van der Waals surface area contributed by atoms with Crippen LogP contribution in [0.5, 0.6) is 0 Å². The van der Waals surface area contributed by atoms with Crippen molar-refractivity contribution in [3.05, 3.63) is 0 Å². The molecule has 0 aliphatic rings. The predicted octanol–water partition coefficient (Wildman–Crippen LogP) is -0.705. The molecule has 0 fully saturated rings. The van der Waals surface area contributed by atoms with Gasteiger partial charge in [0.05, 0.1) is 6.42 Å². The lowest BCUT2D eigenvalue weighted by atomic mass is 10.3. The van der Waals surface area contributed by atoms with E-state index in [-0.39, 0.29) is 0 Å². The molecule has 13 heavy (non-hydrogen) atoms. The summed E-state index contributed by atoms with van der Waals surface area (Å²) in [4.78, 5) is 19.4. The van der Waals surface area contributed by atoms with Crippen LogP contribution in [0.25, 0.3) is 0 Å². The van der Waals surface area contributed by atoms with E-state index in [4.69, 9.17) is 20.4 Å². The van der Waals surface area contributed by atoms with E-state index in [9.17, 15) is 9.59 Å². The van der Waals surface area contributed by atoms with Crippen molar-refractivity contribution in [1.29, 1.82) is 0 Å². The summed E-state index contributed by atoms with van der Waals surface area (Å²) >= 11 is 0. The lowest BCUT2D eigenvalue weighted by Gasteiger charge is -1.97. The normalized spacial score (nSPS) is 11.0. The van der Waals surface area contributed by atoms with Crippen LogP contribution in [-0.2, 0) is 9.59 Å². The Bertz CT molecular complexity index is 153. The number of carboxylic acids is 2. The lowest BCUT2D eigenvalue weighted by molar-refractivity contribution is -0.152. The van der Waals surface area contributed by atoms with Crippen LogP contribution >= 0.6 is 0 Å². The van der Waals surface area contributed by atoms with E-state index in [0.717, 1.165) is 6.42 Å². The van der Waals surface area contributed by atoms with Crippen LogP contribution in [0.2, 0.25) is 0 Å². The molecule has 0 rings (SSSR count). The Hall–Kier alpha value is -1.14. The number of carboxylic acid groups (broad SMARTS) is 2.